The van der Waals surface area contributed by atoms with Crippen LogP contribution in [0.25, 0.3) is 22.3 Å². The maximum absolute atomic E-state index is 13.5. The molecule has 0 amide bonds. The molecule has 0 unspecified atom stereocenters. The Morgan fingerprint density at radius 2 is 1.91 bits per heavy atom. The first-order chi connectivity index (χ1) is 15.0. The molecule has 4 heterocycles. The molecule has 1 aromatic carbocycles. The van der Waals surface area contributed by atoms with E-state index in [4.69, 9.17) is 4.74 Å². The first-order valence-electron chi connectivity index (χ1n) is 10.2. The number of carbonyl (C=O) groups excluding carboxylic acids is 1. The van der Waals surface area contributed by atoms with Crippen molar-refractivity contribution in [3.8, 4) is 11.4 Å². The van der Waals surface area contributed by atoms with Gasteiger partial charge in [0.15, 0.2) is 5.60 Å². The van der Waals surface area contributed by atoms with Gasteiger partial charge in [-0.3, -0.25) is 4.79 Å². The largest absolute Gasteiger partial charge is 0.458 e. The van der Waals surface area contributed by atoms with E-state index in [1.165, 1.54) is 17.6 Å². The molecule has 6 nitrogen and oxygen atoms in total. The number of hydrogen-bond acceptors (Lipinski definition) is 5. The van der Waals surface area contributed by atoms with Crippen LogP contribution in [0.5, 0.6) is 0 Å². The molecule has 2 aliphatic rings. The molecule has 0 aliphatic carbocycles. The number of aliphatic hydroxyl groups is 1. The molecule has 1 N–H and O–H groups in total. The molecular weight excluding hydrogens is 425 g/mol. The second-order valence-electron chi connectivity index (χ2n) is 8.34. The Kier molecular flexibility index (Phi) is 4.15. The highest BCUT2D eigenvalue weighted by Crippen LogP contribution is 2.41. The maximum atomic E-state index is 13.5. The smallest absolute Gasteiger partial charge is 0.416 e. The van der Waals surface area contributed by atoms with Crippen LogP contribution in [0.1, 0.15) is 46.7 Å². The van der Waals surface area contributed by atoms with Crippen LogP contribution in [0.4, 0.5) is 13.2 Å². The number of nitrogens with zero attached hydrogens (tertiary/aromatic N) is 2. The molecule has 1 atom stereocenters. The van der Waals surface area contributed by atoms with Crippen LogP contribution in [0.2, 0.25) is 0 Å². The van der Waals surface area contributed by atoms with E-state index in [2.05, 4.69) is 4.98 Å². The number of fused-ring (bicyclic) bond motifs is 5. The Morgan fingerprint density at radius 3 is 2.56 bits per heavy atom. The fourth-order valence-electron chi connectivity index (χ4n) is 4.69. The van der Waals surface area contributed by atoms with E-state index in [1.807, 2.05) is 0 Å². The van der Waals surface area contributed by atoms with Gasteiger partial charge in [0.1, 0.15) is 6.61 Å². The van der Waals surface area contributed by atoms with E-state index in [0.717, 1.165) is 6.07 Å². The third-order valence-corrected chi connectivity index (χ3v) is 6.70. The van der Waals surface area contributed by atoms with Gasteiger partial charge >= 0.3 is 12.1 Å². The van der Waals surface area contributed by atoms with Gasteiger partial charge in [0, 0.05) is 16.5 Å². The lowest BCUT2D eigenvalue weighted by Crippen LogP contribution is -2.44. The standard InChI is InChI=1S/C23H19F3N2O4/c1-4-22(31)16-7-18-19-12(8-28(18)20(29)14(16)9-32-21(22)30)5-13-10(2)11(3)15(23(24,25)26)6-17(13)27-19/h5-7,31H,4,8-9H2,1-3H3/t22-/m0/s1. The molecule has 32 heavy (non-hydrogen) atoms. The molecule has 3 aromatic rings. The Morgan fingerprint density at radius 1 is 1.19 bits per heavy atom. The van der Waals surface area contributed by atoms with Crippen molar-refractivity contribution in [2.75, 3.05) is 0 Å². The molecule has 9 heteroatoms. The Bertz CT molecular complexity index is 1410. The second kappa shape index (κ2) is 6.41. The van der Waals surface area contributed by atoms with Crippen molar-refractivity contribution in [1.82, 2.24) is 9.55 Å². The fourth-order valence-corrected chi connectivity index (χ4v) is 4.69. The summed E-state index contributed by atoms with van der Waals surface area (Å²) in [5.41, 5.74) is -0.564. The molecule has 5 rings (SSSR count). The zero-order valence-electron chi connectivity index (χ0n) is 17.6. The van der Waals surface area contributed by atoms with Crippen LogP contribution in [0.3, 0.4) is 0 Å². The first-order valence-corrected chi connectivity index (χ1v) is 10.2. The average Bonchev–Trinajstić information content (AvgIpc) is 3.10. The van der Waals surface area contributed by atoms with E-state index in [0.29, 0.717) is 27.9 Å². The monoisotopic (exact) mass is 444 g/mol. The maximum Gasteiger partial charge on any atom is 0.416 e. The number of benzene rings is 1. The Labute approximate surface area is 180 Å². The summed E-state index contributed by atoms with van der Waals surface area (Å²) in [7, 11) is 0. The Balaban J connectivity index is 1.79. The summed E-state index contributed by atoms with van der Waals surface area (Å²) in [6.07, 6.45) is -4.51. The fraction of sp³-hybridized carbons (Fsp3) is 0.348. The van der Waals surface area contributed by atoms with Crippen LogP contribution in [0, 0.1) is 13.8 Å². The quantitative estimate of drug-likeness (QED) is 0.453. The number of cyclic esters (lactones) is 1. The zero-order chi connectivity index (χ0) is 23.2. The number of esters is 1. The summed E-state index contributed by atoms with van der Waals surface area (Å²) >= 11 is 0. The predicted molar refractivity (Wildman–Crippen MR) is 109 cm³/mol. The number of halogens is 3. The van der Waals surface area contributed by atoms with E-state index in [-0.39, 0.29) is 41.8 Å². The molecule has 0 saturated heterocycles. The number of carbonyl (C=O) groups is 1. The van der Waals surface area contributed by atoms with Gasteiger partial charge in [-0.25, -0.2) is 9.78 Å². The molecule has 0 bridgehead atoms. The Hall–Kier alpha value is -3.20. The topological polar surface area (TPSA) is 81.4 Å². The second-order valence-corrected chi connectivity index (χ2v) is 8.34. The van der Waals surface area contributed by atoms with Gasteiger partial charge in [-0.2, -0.15) is 13.2 Å². The van der Waals surface area contributed by atoms with Gasteiger partial charge in [0.05, 0.1) is 34.6 Å². The van der Waals surface area contributed by atoms with Crippen molar-refractivity contribution in [3.05, 3.63) is 61.9 Å². The minimum Gasteiger partial charge on any atom is -0.458 e. The molecule has 0 fully saturated rings. The van der Waals surface area contributed by atoms with Crippen molar-refractivity contribution >= 4 is 16.9 Å². The van der Waals surface area contributed by atoms with Crippen molar-refractivity contribution in [2.24, 2.45) is 0 Å². The molecule has 0 saturated carbocycles. The summed E-state index contributed by atoms with van der Waals surface area (Å²) in [6, 6.07) is 4.33. The van der Waals surface area contributed by atoms with Crippen LogP contribution in [0.15, 0.2) is 23.0 Å². The van der Waals surface area contributed by atoms with Crippen molar-refractivity contribution in [2.45, 2.75) is 52.1 Å². The highest BCUT2D eigenvalue weighted by Gasteiger charge is 2.45. The highest BCUT2D eigenvalue weighted by atomic mass is 19.4. The lowest BCUT2D eigenvalue weighted by molar-refractivity contribution is -0.172. The number of aromatic nitrogens is 2. The summed E-state index contributed by atoms with van der Waals surface area (Å²) in [4.78, 5) is 29.9. The highest BCUT2D eigenvalue weighted by molar-refractivity contribution is 5.89. The lowest BCUT2D eigenvalue weighted by Gasteiger charge is -2.31. The van der Waals surface area contributed by atoms with Gasteiger partial charge in [-0.15, -0.1) is 0 Å². The molecular formula is C23H19F3N2O4. The molecule has 2 aliphatic heterocycles. The minimum atomic E-state index is -4.52. The van der Waals surface area contributed by atoms with Crippen LogP contribution in [-0.4, -0.2) is 20.6 Å². The third kappa shape index (κ3) is 2.60. The number of rotatable bonds is 1. The van der Waals surface area contributed by atoms with Crippen LogP contribution in [-0.2, 0) is 34.5 Å². The number of hydrogen-bond donors (Lipinski definition) is 1. The van der Waals surface area contributed by atoms with Gasteiger partial charge < -0.3 is 14.4 Å². The number of pyridine rings is 2. The van der Waals surface area contributed by atoms with E-state index >= 15 is 0 Å². The van der Waals surface area contributed by atoms with Crippen LogP contribution < -0.4 is 5.56 Å². The molecule has 2 aromatic heterocycles. The van der Waals surface area contributed by atoms with E-state index in [1.54, 1.807) is 19.9 Å². The number of ether oxygens (including phenoxy) is 1. The molecule has 166 valence electrons. The summed E-state index contributed by atoms with van der Waals surface area (Å²) in [6.45, 7) is 4.61. The number of alkyl halides is 3. The third-order valence-electron chi connectivity index (χ3n) is 6.70. The normalized spacial score (nSPS) is 19.5. The van der Waals surface area contributed by atoms with Gasteiger partial charge in [0.2, 0.25) is 0 Å². The van der Waals surface area contributed by atoms with Crippen molar-refractivity contribution < 1.29 is 27.8 Å². The van der Waals surface area contributed by atoms with Crippen molar-refractivity contribution in [3.63, 3.8) is 0 Å². The summed E-state index contributed by atoms with van der Waals surface area (Å²) in [5.74, 6) is -0.831. The summed E-state index contributed by atoms with van der Waals surface area (Å²) < 4.78 is 47.1. The minimum absolute atomic E-state index is 0.00709. The van der Waals surface area contributed by atoms with E-state index in [9.17, 15) is 27.9 Å². The van der Waals surface area contributed by atoms with Gasteiger partial charge in [0.25, 0.3) is 5.56 Å². The van der Waals surface area contributed by atoms with Gasteiger partial charge in [-0.05, 0) is 49.6 Å². The van der Waals surface area contributed by atoms with Crippen molar-refractivity contribution in [1.29, 1.82) is 0 Å². The van der Waals surface area contributed by atoms with E-state index < -0.39 is 28.9 Å². The SMILES string of the molecule is CC[C@@]1(O)C(=O)OCc2c1cc1n(c2=O)Cc2cc3c(C)c(C)c(C(F)(F)F)cc3nc2-1. The average molecular weight is 444 g/mol. The predicted octanol–water partition coefficient (Wildman–Crippen LogP) is 3.72. The zero-order valence-corrected chi connectivity index (χ0v) is 17.6. The first kappa shape index (κ1) is 20.7. The molecule has 0 spiro atoms. The molecule has 0 radical (unpaired) electrons. The van der Waals surface area contributed by atoms with Gasteiger partial charge in [-0.1, -0.05) is 6.92 Å². The van der Waals surface area contributed by atoms with Crippen LogP contribution >= 0.6 is 0 Å². The lowest BCUT2D eigenvalue weighted by atomic mass is 9.86. The summed E-state index contributed by atoms with van der Waals surface area (Å²) in [5, 5.41) is 11.5. The number of aryl methyl sites for hydroxylation is 1.